The molecule has 1 fully saturated rings. The molecule has 1 aromatic rings. The number of hydrogen-bond donors (Lipinski definition) is 0. The molecule has 0 radical (unpaired) electrons. The summed E-state index contributed by atoms with van der Waals surface area (Å²) < 4.78 is 0. The largest absolute Gasteiger partial charge is 0.303 e. The van der Waals surface area contributed by atoms with Crippen LogP contribution in [0.2, 0.25) is 0 Å². The van der Waals surface area contributed by atoms with Crippen LogP contribution in [0, 0.1) is 11.3 Å². The first-order valence-electron chi connectivity index (χ1n) is 5.75. The zero-order valence-electron chi connectivity index (χ0n) is 10.4. The average Bonchev–Trinajstić information content (AvgIpc) is 2.39. The van der Waals surface area contributed by atoms with Gasteiger partial charge in [-0.25, -0.2) is 0 Å². The molecule has 0 atom stereocenters. The summed E-state index contributed by atoms with van der Waals surface area (Å²) in [5.41, 5.74) is 1.71. The molecule has 5 heteroatoms. The summed E-state index contributed by atoms with van der Waals surface area (Å²) in [6, 6.07) is 9.56. The van der Waals surface area contributed by atoms with Gasteiger partial charge in [-0.1, -0.05) is 12.1 Å². The highest BCUT2D eigenvalue weighted by Crippen LogP contribution is 2.03. The van der Waals surface area contributed by atoms with Gasteiger partial charge < -0.3 is 4.90 Å². The number of benzene rings is 1. The van der Waals surface area contributed by atoms with Crippen LogP contribution >= 0.6 is 12.4 Å². The fourth-order valence-corrected chi connectivity index (χ4v) is 1.70. The monoisotopic (exact) mass is 264 g/mol. The van der Waals surface area contributed by atoms with Crippen LogP contribution in [0.3, 0.4) is 0 Å². The van der Waals surface area contributed by atoms with E-state index in [4.69, 9.17) is 5.26 Å². The first-order chi connectivity index (χ1) is 8.28. The molecule has 0 aromatic heterocycles. The van der Waals surface area contributed by atoms with E-state index < -0.39 is 0 Å². The molecule has 2 rings (SSSR count). The number of piperazine rings is 1. The summed E-state index contributed by atoms with van der Waals surface area (Å²) in [7, 11) is 2.13. The van der Waals surface area contributed by atoms with Gasteiger partial charge in [0.2, 0.25) is 0 Å². The Morgan fingerprint density at radius 2 is 1.78 bits per heavy atom. The smallest absolute Gasteiger partial charge is 0.0991 e. The molecule has 0 N–H and O–H groups in total. The van der Waals surface area contributed by atoms with Crippen LogP contribution in [0.5, 0.6) is 0 Å². The summed E-state index contributed by atoms with van der Waals surface area (Å²) in [5.74, 6) is 0. The second-order valence-electron chi connectivity index (χ2n) is 4.24. The third kappa shape index (κ3) is 4.02. The van der Waals surface area contributed by atoms with Gasteiger partial charge in [-0.15, -0.1) is 12.4 Å². The summed E-state index contributed by atoms with van der Waals surface area (Å²) in [5, 5.41) is 15.2. The predicted molar refractivity (Wildman–Crippen MR) is 75.1 cm³/mol. The Kier molecular flexibility index (Phi) is 5.63. The van der Waals surface area contributed by atoms with Crippen molar-refractivity contribution in [3.63, 3.8) is 0 Å². The molecule has 4 nitrogen and oxygen atoms in total. The van der Waals surface area contributed by atoms with Gasteiger partial charge >= 0.3 is 0 Å². The molecule has 1 aromatic carbocycles. The van der Waals surface area contributed by atoms with Crippen LogP contribution in [0.15, 0.2) is 29.4 Å². The Hall–Kier alpha value is -1.57. The molecule has 1 aliphatic rings. The maximum Gasteiger partial charge on any atom is 0.0991 e. The third-order valence-electron chi connectivity index (χ3n) is 2.89. The van der Waals surface area contributed by atoms with Crippen molar-refractivity contribution in [2.45, 2.75) is 0 Å². The van der Waals surface area contributed by atoms with Gasteiger partial charge in [-0.3, -0.25) is 5.01 Å². The van der Waals surface area contributed by atoms with E-state index >= 15 is 0 Å². The molecule has 1 heterocycles. The minimum Gasteiger partial charge on any atom is -0.303 e. The van der Waals surface area contributed by atoms with E-state index in [9.17, 15) is 0 Å². The summed E-state index contributed by atoms with van der Waals surface area (Å²) >= 11 is 0. The molecule has 0 aliphatic carbocycles. The van der Waals surface area contributed by atoms with Crippen molar-refractivity contribution in [2.24, 2.45) is 5.10 Å². The summed E-state index contributed by atoms with van der Waals surface area (Å²) in [4.78, 5) is 2.30. The van der Waals surface area contributed by atoms with Crippen LogP contribution in [0.25, 0.3) is 0 Å². The summed E-state index contributed by atoms with van der Waals surface area (Å²) in [6.45, 7) is 4.07. The van der Waals surface area contributed by atoms with E-state index in [1.54, 1.807) is 0 Å². The maximum absolute atomic E-state index is 8.69. The first-order valence-corrected chi connectivity index (χ1v) is 5.75. The minimum atomic E-state index is 0. The number of likely N-dealkylation sites (N-methyl/N-ethyl adjacent to an activating group) is 1. The lowest BCUT2D eigenvalue weighted by Gasteiger charge is -2.30. The number of nitrogens with zero attached hydrogens (tertiary/aromatic N) is 4. The van der Waals surface area contributed by atoms with Gasteiger partial charge in [-0.2, -0.15) is 10.4 Å². The molecule has 0 saturated carbocycles. The molecular weight excluding hydrogens is 248 g/mol. The van der Waals surface area contributed by atoms with Crippen LogP contribution < -0.4 is 0 Å². The first kappa shape index (κ1) is 14.5. The highest BCUT2D eigenvalue weighted by atomic mass is 35.5. The molecule has 1 aliphatic heterocycles. The Balaban J connectivity index is 0.00000162. The lowest BCUT2D eigenvalue weighted by Crippen LogP contribution is -2.41. The zero-order chi connectivity index (χ0) is 12.1. The van der Waals surface area contributed by atoms with Crippen molar-refractivity contribution >= 4 is 18.6 Å². The number of hydrogen-bond acceptors (Lipinski definition) is 4. The highest BCUT2D eigenvalue weighted by Gasteiger charge is 2.10. The van der Waals surface area contributed by atoms with Crippen molar-refractivity contribution in [1.82, 2.24) is 9.91 Å². The van der Waals surface area contributed by atoms with E-state index in [0.717, 1.165) is 31.7 Å². The molecule has 96 valence electrons. The minimum absolute atomic E-state index is 0. The number of rotatable bonds is 2. The second kappa shape index (κ2) is 7.00. The molecule has 0 unspecified atom stereocenters. The fourth-order valence-electron chi connectivity index (χ4n) is 1.70. The van der Waals surface area contributed by atoms with Crippen molar-refractivity contribution in [3.05, 3.63) is 35.4 Å². The maximum atomic E-state index is 8.69. The molecular formula is C13H17ClN4. The van der Waals surface area contributed by atoms with E-state index in [-0.39, 0.29) is 12.4 Å². The summed E-state index contributed by atoms with van der Waals surface area (Å²) in [6.07, 6.45) is 1.85. The topological polar surface area (TPSA) is 42.6 Å². The van der Waals surface area contributed by atoms with Gasteiger partial charge in [0, 0.05) is 26.2 Å². The van der Waals surface area contributed by atoms with Crippen molar-refractivity contribution < 1.29 is 0 Å². The molecule has 1 saturated heterocycles. The Bertz CT molecular complexity index is 427. The van der Waals surface area contributed by atoms with Crippen molar-refractivity contribution in [2.75, 3.05) is 33.2 Å². The van der Waals surface area contributed by atoms with Gasteiger partial charge in [0.25, 0.3) is 0 Å². The highest BCUT2D eigenvalue weighted by molar-refractivity contribution is 5.85. The van der Waals surface area contributed by atoms with Crippen molar-refractivity contribution in [1.29, 1.82) is 5.26 Å². The predicted octanol–water partition coefficient (Wildman–Crippen LogP) is 1.56. The SMILES string of the molecule is CN1CCN(/N=C/c2ccc(C#N)cc2)CC1.Cl. The Morgan fingerprint density at radius 3 is 2.33 bits per heavy atom. The van der Waals surface area contributed by atoms with Gasteiger partial charge in [0.05, 0.1) is 17.8 Å². The number of halogens is 1. The van der Waals surface area contributed by atoms with Crippen LogP contribution in [0.4, 0.5) is 0 Å². The molecule has 18 heavy (non-hydrogen) atoms. The van der Waals surface area contributed by atoms with Crippen LogP contribution in [-0.2, 0) is 0 Å². The van der Waals surface area contributed by atoms with Crippen LogP contribution in [-0.4, -0.2) is 49.4 Å². The van der Waals surface area contributed by atoms with E-state index in [1.807, 2.05) is 30.5 Å². The normalized spacial score (nSPS) is 16.3. The van der Waals surface area contributed by atoms with Crippen molar-refractivity contribution in [3.8, 4) is 6.07 Å². The molecule has 0 bridgehead atoms. The second-order valence-corrected chi connectivity index (χ2v) is 4.24. The van der Waals surface area contributed by atoms with E-state index in [1.165, 1.54) is 0 Å². The lowest BCUT2D eigenvalue weighted by molar-refractivity contribution is 0.159. The molecule has 0 spiro atoms. The standard InChI is InChI=1S/C13H16N4.ClH/c1-16-6-8-17(9-7-16)15-11-13-4-2-12(10-14)3-5-13;/h2-5,11H,6-9H2,1H3;1H/b15-11+;. The van der Waals surface area contributed by atoms with E-state index in [2.05, 4.69) is 28.1 Å². The average molecular weight is 265 g/mol. The number of nitriles is 1. The quantitative estimate of drug-likeness (QED) is 0.762. The molecule has 0 amide bonds. The Morgan fingerprint density at radius 1 is 1.17 bits per heavy atom. The lowest BCUT2D eigenvalue weighted by atomic mass is 10.2. The van der Waals surface area contributed by atoms with Gasteiger partial charge in [-0.05, 0) is 24.7 Å². The van der Waals surface area contributed by atoms with Crippen LogP contribution in [0.1, 0.15) is 11.1 Å². The zero-order valence-corrected chi connectivity index (χ0v) is 11.2. The fraction of sp³-hybridized carbons (Fsp3) is 0.385. The van der Waals surface area contributed by atoms with E-state index in [0.29, 0.717) is 5.56 Å². The van der Waals surface area contributed by atoms with Gasteiger partial charge in [0.15, 0.2) is 0 Å². The number of hydrazone groups is 1. The third-order valence-corrected chi connectivity index (χ3v) is 2.89. The Labute approximate surface area is 114 Å². The van der Waals surface area contributed by atoms with Gasteiger partial charge in [0.1, 0.15) is 0 Å².